The second-order valence-corrected chi connectivity index (χ2v) is 20.9. The predicted molar refractivity (Wildman–Crippen MR) is 275 cm³/mol. The summed E-state index contributed by atoms with van der Waals surface area (Å²) >= 11 is 0. The zero-order chi connectivity index (χ0) is 55.6. The van der Waals surface area contributed by atoms with E-state index in [1.54, 1.807) is 52.2 Å². The number of H-pyrrole nitrogens is 2. The highest BCUT2D eigenvalue weighted by Crippen LogP contribution is 2.39. The fourth-order valence-electron chi connectivity index (χ4n) is 8.38. The number of hydrogen-bond acceptors (Lipinski definition) is 16. The Morgan fingerprint density at radius 1 is 0.679 bits per heavy atom. The Balaban J connectivity index is 0.945. The van der Waals surface area contributed by atoms with Crippen molar-refractivity contribution in [3.8, 4) is 45.0 Å². The summed E-state index contributed by atoms with van der Waals surface area (Å²) in [6.45, 7) is 16.2. The number of amides is 2. The monoisotopic (exact) mass is 1070 g/mol. The molecule has 1 unspecified atom stereocenters. The molecule has 0 spiro atoms. The molecule has 0 bridgehead atoms. The number of halogens is 3. The molecular weight excluding hydrogens is 1020 g/mol. The average Bonchev–Trinajstić information content (AvgIpc) is 4.33. The van der Waals surface area contributed by atoms with Crippen LogP contribution in [0.1, 0.15) is 130 Å². The van der Waals surface area contributed by atoms with Crippen molar-refractivity contribution in [1.82, 2.24) is 80.4 Å². The van der Waals surface area contributed by atoms with Crippen LogP contribution in [-0.2, 0) is 30.1 Å². The molecule has 0 saturated heterocycles. The summed E-state index contributed by atoms with van der Waals surface area (Å²) in [5, 5.41) is 34.6. The number of rotatable bonds is 14. The van der Waals surface area contributed by atoms with Crippen LogP contribution in [0.2, 0.25) is 0 Å². The Morgan fingerprint density at radius 3 is 1.77 bits per heavy atom. The number of nitrogens with zero attached hydrogens (tertiary/aromatic N) is 13. The third-order valence-electron chi connectivity index (χ3n) is 12.8. The summed E-state index contributed by atoms with van der Waals surface area (Å²) in [6, 6.07) is 11.4. The number of carbonyl (C=O) groups is 2. The zero-order valence-electron chi connectivity index (χ0n) is 43.5. The maximum Gasteiger partial charge on any atom is 0.416 e. The first-order valence-corrected chi connectivity index (χ1v) is 24.5. The number of aromatic nitrogens is 14. The van der Waals surface area contributed by atoms with E-state index in [0.717, 1.165) is 6.07 Å². The van der Waals surface area contributed by atoms with Gasteiger partial charge in [-0.2, -0.15) is 33.3 Å². The molecule has 400 valence electrons. The number of nitrogens with one attached hydrogen (secondary N) is 4. The lowest BCUT2D eigenvalue weighted by Crippen LogP contribution is -2.25. The number of nitro groups is 1. The maximum atomic E-state index is 14.7. The van der Waals surface area contributed by atoms with Gasteiger partial charge in [-0.25, -0.2) is 19.9 Å². The third kappa shape index (κ3) is 10.3. The third-order valence-corrected chi connectivity index (χ3v) is 12.8. The summed E-state index contributed by atoms with van der Waals surface area (Å²) in [5.41, 5.74) is 2.48. The first-order valence-electron chi connectivity index (χ1n) is 24.5. The topological polar surface area (TPSA) is 298 Å². The van der Waals surface area contributed by atoms with Crippen LogP contribution in [0, 0.1) is 10.1 Å². The van der Waals surface area contributed by atoms with Crippen molar-refractivity contribution in [2.75, 3.05) is 0 Å². The molecule has 2 amide bonds. The van der Waals surface area contributed by atoms with E-state index in [0.29, 0.717) is 67.7 Å². The Hall–Kier alpha value is -9.49. The number of nitro benzene ring substituents is 1. The number of pyridine rings is 2. The van der Waals surface area contributed by atoms with E-state index in [2.05, 4.69) is 61.0 Å². The van der Waals surface area contributed by atoms with Gasteiger partial charge in [-0.15, -0.1) is 0 Å². The summed E-state index contributed by atoms with van der Waals surface area (Å²) in [5.74, 6) is -0.750. The quantitative estimate of drug-likeness (QED) is 0.0582. The molecule has 1 atom stereocenters. The minimum atomic E-state index is -4.79. The number of hydrogen-bond donors (Lipinski definition) is 4. The van der Waals surface area contributed by atoms with Gasteiger partial charge < -0.3 is 29.6 Å². The van der Waals surface area contributed by atoms with Crippen molar-refractivity contribution in [2.24, 2.45) is 0 Å². The predicted octanol–water partition coefficient (Wildman–Crippen LogP) is 9.63. The van der Waals surface area contributed by atoms with Crippen LogP contribution in [0.25, 0.3) is 67.4 Å². The van der Waals surface area contributed by atoms with E-state index >= 15 is 0 Å². The Labute approximate surface area is 440 Å². The Kier molecular flexibility index (Phi) is 13.0. The number of benzene rings is 2. The molecule has 10 aromatic rings. The Bertz CT molecular complexity index is 3940. The van der Waals surface area contributed by atoms with E-state index in [1.165, 1.54) is 24.4 Å². The van der Waals surface area contributed by atoms with Gasteiger partial charge in [-0.3, -0.25) is 29.1 Å². The van der Waals surface area contributed by atoms with Gasteiger partial charge in [0.1, 0.15) is 11.6 Å². The van der Waals surface area contributed by atoms with Gasteiger partial charge in [0.15, 0.2) is 22.9 Å². The molecule has 8 heterocycles. The minimum Gasteiger partial charge on any atom is -0.344 e. The zero-order valence-corrected chi connectivity index (χ0v) is 43.5. The molecule has 23 nitrogen and oxygen atoms in total. The van der Waals surface area contributed by atoms with Crippen LogP contribution in [0.5, 0.6) is 0 Å². The highest BCUT2D eigenvalue weighted by Gasteiger charge is 2.35. The number of carbonyl (C=O) groups excluding carboxylic acids is 2. The van der Waals surface area contributed by atoms with Gasteiger partial charge >= 0.3 is 29.8 Å². The molecule has 26 heteroatoms. The van der Waals surface area contributed by atoms with Gasteiger partial charge in [0, 0.05) is 64.8 Å². The average molecular weight is 1070 g/mol. The largest absolute Gasteiger partial charge is 0.416 e. The molecule has 78 heavy (non-hydrogen) atoms. The highest BCUT2D eigenvalue weighted by molar-refractivity contribution is 5.94. The highest BCUT2D eigenvalue weighted by atomic mass is 19.4. The fraction of sp³-hybridized carbons (Fsp3) is 0.308. The molecule has 0 saturated carbocycles. The normalized spacial score (nSPS) is 12.7. The molecule has 0 aliphatic heterocycles. The first kappa shape index (κ1) is 52.0. The van der Waals surface area contributed by atoms with Crippen molar-refractivity contribution in [1.29, 1.82) is 0 Å². The number of fused-ring (bicyclic) bond motifs is 2. The summed E-state index contributed by atoms with van der Waals surface area (Å²) in [7, 11) is 0. The molecule has 0 fully saturated rings. The van der Waals surface area contributed by atoms with Crippen molar-refractivity contribution < 1.29 is 36.7 Å². The second kappa shape index (κ2) is 19.6. The standard InChI is InChI=1S/C52H50F3N17O6/c1-25(2)70-23-31(21-59-70)41-63-39-34(28-11-13-30(37(17-28)72(75)76)20-58-45(74)47-67-49(69-78-47)51(7,8)9)18-36(61-43(39)65-41)26(3)71-24-32(22-60-71)40-62-38-33(14-15-56-42(38)64-40)27-10-12-29(35(16-27)52(53,54)55)19-57-44(73)46-66-48(68-77-46)50(4,5)6/h10-18,21-26H,19-20H2,1-9H3,(H,57,73)(H,58,74)(H,56,62,64)(H,61,63,65). The first-order chi connectivity index (χ1) is 36.9. The van der Waals surface area contributed by atoms with Gasteiger partial charge in [-0.1, -0.05) is 70.1 Å². The van der Waals surface area contributed by atoms with Crippen LogP contribution >= 0.6 is 0 Å². The van der Waals surface area contributed by atoms with Gasteiger partial charge in [0.25, 0.3) is 5.69 Å². The number of alkyl halides is 3. The maximum absolute atomic E-state index is 14.7. The number of aromatic amines is 2. The van der Waals surface area contributed by atoms with Crippen LogP contribution in [0.4, 0.5) is 18.9 Å². The van der Waals surface area contributed by atoms with Crippen LogP contribution in [0.15, 0.2) is 88.6 Å². The molecule has 0 radical (unpaired) electrons. The van der Waals surface area contributed by atoms with Gasteiger partial charge in [0.2, 0.25) is 0 Å². The lowest BCUT2D eigenvalue weighted by Gasteiger charge is -2.15. The molecular formula is C52H50F3N17O6. The molecule has 2 aromatic carbocycles. The van der Waals surface area contributed by atoms with E-state index in [9.17, 15) is 32.9 Å². The molecule has 10 rings (SSSR count). The summed E-state index contributed by atoms with van der Waals surface area (Å²) < 4.78 is 57.6. The number of imidazole rings is 2. The molecule has 0 aliphatic rings. The van der Waals surface area contributed by atoms with Gasteiger partial charge in [0.05, 0.1) is 63.3 Å². The van der Waals surface area contributed by atoms with Crippen molar-refractivity contribution in [3.63, 3.8) is 0 Å². The van der Waals surface area contributed by atoms with Crippen molar-refractivity contribution in [3.05, 3.63) is 135 Å². The molecule has 4 N–H and O–H groups in total. The molecule has 0 aliphatic carbocycles. The van der Waals surface area contributed by atoms with Crippen molar-refractivity contribution >= 4 is 39.8 Å². The lowest BCUT2D eigenvalue weighted by molar-refractivity contribution is -0.385. The van der Waals surface area contributed by atoms with Crippen LogP contribution in [-0.4, -0.2) is 86.5 Å². The van der Waals surface area contributed by atoms with E-state index in [-0.39, 0.29) is 58.2 Å². The van der Waals surface area contributed by atoms with Crippen molar-refractivity contribution in [2.45, 2.75) is 104 Å². The van der Waals surface area contributed by atoms with E-state index in [1.807, 2.05) is 68.5 Å². The fourth-order valence-corrected chi connectivity index (χ4v) is 8.38. The van der Waals surface area contributed by atoms with E-state index < -0.39 is 51.9 Å². The lowest BCUT2D eigenvalue weighted by atomic mass is 9.96. The summed E-state index contributed by atoms with van der Waals surface area (Å²) in [6.07, 6.45) is 3.48. The van der Waals surface area contributed by atoms with Gasteiger partial charge in [-0.05, 0) is 61.7 Å². The smallest absolute Gasteiger partial charge is 0.344 e. The minimum absolute atomic E-state index is 0.0730. The second-order valence-electron chi connectivity index (χ2n) is 20.9. The van der Waals surface area contributed by atoms with E-state index in [4.69, 9.17) is 19.0 Å². The summed E-state index contributed by atoms with van der Waals surface area (Å²) in [4.78, 5) is 71.7. The van der Waals surface area contributed by atoms with Crippen LogP contribution in [0.3, 0.4) is 0 Å². The Morgan fingerprint density at radius 2 is 1.22 bits per heavy atom. The molecule has 8 aromatic heterocycles. The SMILES string of the molecule is CC(C)n1cc(-c2nc3nc(C(C)n4cc(-c5nc6nccc(-c7ccc(CNC(=O)c8nc(C(C)(C)C)no8)c(C(F)(F)F)c7)c6[nH]5)cn4)cc(-c4ccc(CNC(=O)c5nc(C(C)(C)C)no5)c([N+](=O)[O-])c4)c3[nH]2)cn1. The van der Waals surface area contributed by atoms with Crippen LogP contribution < -0.4 is 10.6 Å².